The maximum absolute atomic E-state index is 12.6. The molecule has 6 nitrogen and oxygen atoms in total. The predicted molar refractivity (Wildman–Crippen MR) is 106 cm³/mol. The number of hydrogen-bond donors (Lipinski definition) is 2. The van der Waals surface area contributed by atoms with E-state index in [2.05, 4.69) is 5.32 Å². The van der Waals surface area contributed by atoms with Gasteiger partial charge in [-0.3, -0.25) is 4.79 Å². The van der Waals surface area contributed by atoms with Gasteiger partial charge in [-0.15, -0.1) is 0 Å². The van der Waals surface area contributed by atoms with E-state index < -0.39 is 10.0 Å². The zero-order valence-corrected chi connectivity index (χ0v) is 16.8. The van der Waals surface area contributed by atoms with Gasteiger partial charge in [0, 0.05) is 0 Å². The minimum atomic E-state index is -3.49. The number of nitrogens with zero attached hydrogens (tertiary/aromatic N) is 1. The monoisotopic (exact) mass is 428 g/mol. The number of carbonyl (C=O) groups is 1. The third-order valence-corrected chi connectivity index (χ3v) is 6.99. The first-order chi connectivity index (χ1) is 12.9. The SMILES string of the molecule is O=C(C[NH+]1CCN(S(=O)(=O)c2ccccc2)CC1)Nc1c(Cl)cccc1Cl. The molecule has 0 atom stereocenters. The fourth-order valence-electron chi connectivity index (χ4n) is 2.99. The van der Waals surface area contributed by atoms with Gasteiger partial charge in [-0.1, -0.05) is 47.5 Å². The van der Waals surface area contributed by atoms with E-state index in [1.54, 1.807) is 48.5 Å². The fourth-order valence-corrected chi connectivity index (χ4v) is 4.94. The highest BCUT2D eigenvalue weighted by Crippen LogP contribution is 2.29. The van der Waals surface area contributed by atoms with Crippen molar-refractivity contribution in [3.8, 4) is 0 Å². The lowest BCUT2D eigenvalue weighted by Gasteiger charge is -2.31. The van der Waals surface area contributed by atoms with E-state index in [-0.39, 0.29) is 12.5 Å². The molecular weight excluding hydrogens is 409 g/mol. The smallest absolute Gasteiger partial charge is 0.279 e. The molecule has 1 aliphatic heterocycles. The first-order valence-electron chi connectivity index (χ1n) is 8.50. The van der Waals surface area contributed by atoms with Crippen LogP contribution in [0.15, 0.2) is 53.4 Å². The van der Waals surface area contributed by atoms with Crippen molar-refractivity contribution in [2.75, 3.05) is 38.0 Å². The number of anilines is 1. The van der Waals surface area contributed by atoms with Crippen molar-refractivity contribution in [1.82, 2.24) is 4.31 Å². The fraction of sp³-hybridized carbons (Fsp3) is 0.278. The third-order valence-electron chi connectivity index (χ3n) is 4.45. The van der Waals surface area contributed by atoms with Crippen LogP contribution < -0.4 is 10.2 Å². The summed E-state index contributed by atoms with van der Waals surface area (Å²) in [6, 6.07) is 13.4. The Morgan fingerprint density at radius 2 is 1.59 bits per heavy atom. The molecule has 144 valence electrons. The summed E-state index contributed by atoms with van der Waals surface area (Å²) in [7, 11) is -3.49. The van der Waals surface area contributed by atoms with Gasteiger partial charge in [0.15, 0.2) is 6.54 Å². The number of nitrogens with one attached hydrogen (secondary N) is 2. The molecule has 2 aromatic carbocycles. The Labute approximate surface area is 168 Å². The first-order valence-corrected chi connectivity index (χ1v) is 10.7. The second kappa shape index (κ2) is 8.58. The summed E-state index contributed by atoms with van der Waals surface area (Å²) in [5.74, 6) is -0.209. The van der Waals surface area contributed by atoms with Crippen LogP contribution in [0.4, 0.5) is 5.69 Å². The lowest BCUT2D eigenvalue weighted by molar-refractivity contribution is -0.895. The maximum atomic E-state index is 12.6. The van der Waals surface area contributed by atoms with E-state index >= 15 is 0 Å². The summed E-state index contributed by atoms with van der Waals surface area (Å²) in [6.07, 6.45) is 0. The molecule has 1 fully saturated rings. The van der Waals surface area contributed by atoms with Crippen LogP contribution in [0.5, 0.6) is 0 Å². The molecule has 27 heavy (non-hydrogen) atoms. The Bertz CT molecular complexity index is 894. The van der Waals surface area contributed by atoms with E-state index in [1.807, 2.05) is 0 Å². The minimum Gasteiger partial charge on any atom is -0.325 e. The Morgan fingerprint density at radius 3 is 2.19 bits per heavy atom. The standard InChI is InChI=1S/C18H19Cl2N3O3S/c19-15-7-4-8-16(20)18(15)21-17(24)13-22-9-11-23(12-10-22)27(25,26)14-5-2-1-3-6-14/h1-8H,9-13H2,(H,21,24)/p+1. The highest BCUT2D eigenvalue weighted by molar-refractivity contribution is 7.89. The number of amides is 1. The molecule has 0 spiro atoms. The topological polar surface area (TPSA) is 70.9 Å². The number of carbonyl (C=O) groups excluding carboxylic acids is 1. The van der Waals surface area contributed by atoms with Crippen LogP contribution in [0.3, 0.4) is 0 Å². The summed E-state index contributed by atoms with van der Waals surface area (Å²) in [6.45, 7) is 2.06. The number of piperazine rings is 1. The molecule has 0 aromatic heterocycles. The molecule has 2 N–H and O–H groups in total. The number of benzene rings is 2. The van der Waals surface area contributed by atoms with E-state index in [0.29, 0.717) is 46.8 Å². The second-order valence-corrected chi connectivity index (χ2v) is 9.04. The molecule has 1 amide bonds. The number of quaternary nitrogens is 1. The Morgan fingerprint density at radius 1 is 1.00 bits per heavy atom. The lowest BCUT2D eigenvalue weighted by Crippen LogP contribution is -3.15. The van der Waals surface area contributed by atoms with E-state index in [1.165, 1.54) is 4.31 Å². The van der Waals surface area contributed by atoms with Gasteiger partial charge in [0.1, 0.15) is 0 Å². The van der Waals surface area contributed by atoms with Gasteiger partial charge >= 0.3 is 0 Å². The van der Waals surface area contributed by atoms with E-state index in [4.69, 9.17) is 23.2 Å². The molecule has 1 heterocycles. The number of halogens is 2. The van der Waals surface area contributed by atoms with Crippen molar-refractivity contribution >= 4 is 44.8 Å². The van der Waals surface area contributed by atoms with Gasteiger partial charge in [0.05, 0.1) is 46.8 Å². The maximum Gasteiger partial charge on any atom is 0.279 e. The molecule has 3 rings (SSSR count). The Hall–Kier alpha value is -1.64. The average Bonchev–Trinajstić information content (AvgIpc) is 2.66. The summed E-state index contributed by atoms with van der Waals surface area (Å²) in [4.78, 5) is 13.6. The van der Waals surface area contributed by atoms with Crippen LogP contribution in [-0.4, -0.2) is 51.4 Å². The van der Waals surface area contributed by atoms with Gasteiger partial charge in [-0.05, 0) is 24.3 Å². The molecular formula is C18H20Cl2N3O3S+. The van der Waals surface area contributed by atoms with Gasteiger partial charge in [-0.25, -0.2) is 8.42 Å². The lowest BCUT2D eigenvalue weighted by atomic mass is 10.3. The highest BCUT2D eigenvalue weighted by Gasteiger charge is 2.31. The highest BCUT2D eigenvalue weighted by atomic mass is 35.5. The normalized spacial score (nSPS) is 16.2. The Kier molecular flexibility index (Phi) is 6.39. The number of rotatable bonds is 5. The quantitative estimate of drug-likeness (QED) is 0.758. The van der Waals surface area contributed by atoms with Crippen LogP contribution in [0.25, 0.3) is 0 Å². The van der Waals surface area contributed by atoms with Crippen LogP contribution in [0.2, 0.25) is 10.0 Å². The summed E-state index contributed by atoms with van der Waals surface area (Å²) in [5, 5.41) is 3.50. The van der Waals surface area contributed by atoms with Crippen LogP contribution in [0, 0.1) is 0 Å². The zero-order valence-electron chi connectivity index (χ0n) is 14.5. The first kappa shape index (κ1) is 20.1. The number of hydrogen-bond acceptors (Lipinski definition) is 3. The second-order valence-electron chi connectivity index (χ2n) is 6.29. The molecule has 1 aliphatic rings. The van der Waals surface area contributed by atoms with Crippen LogP contribution in [-0.2, 0) is 14.8 Å². The molecule has 2 aromatic rings. The van der Waals surface area contributed by atoms with Crippen LogP contribution >= 0.6 is 23.2 Å². The molecule has 0 bridgehead atoms. The summed E-state index contributed by atoms with van der Waals surface area (Å²) in [5.41, 5.74) is 0.399. The molecule has 9 heteroatoms. The molecule has 1 saturated heterocycles. The van der Waals surface area contributed by atoms with Crippen molar-refractivity contribution < 1.29 is 18.1 Å². The largest absolute Gasteiger partial charge is 0.325 e. The van der Waals surface area contributed by atoms with Gasteiger partial charge in [0.25, 0.3) is 5.91 Å². The van der Waals surface area contributed by atoms with Crippen molar-refractivity contribution in [3.63, 3.8) is 0 Å². The van der Waals surface area contributed by atoms with Gasteiger partial charge < -0.3 is 10.2 Å². The third kappa shape index (κ3) is 4.80. The Balaban J connectivity index is 1.56. The molecule has 0 aliphatic carbocycles. The van der Waals surface area contributed by atoms with Crippen molar-refractivity contribution in [1.29, 1.82) is 0 Å². The molecule has 0 radical (unpaired) electrons. The minimum absolute atomic E-state index is 0.209. The van der Waals surface area contributed by atoms with Gasteiger partial charge in [-0.2, -0.15) is 4.31 Å². The molecule has 0 unspecified atom stereocenters. The molecule has 0 saturated carbocycles. The number of para-hydroxylation sites is 1. The number of sulfonamides is 1. The van der Waals surface area contributed by atoms with Crippen molar-refractivity contribution in [2.45, 2.75) is 4.90 Å². The zero-order chi connectivity index (χ0) is 19.4. The van der Waals surface area contributed by atoms with E-state index in [9.17, 15) is 13.2 Å². The summed E-state index contributed by atoms with van der Waals surface area (Å²) >= 11 is 12.1. The predicted octanol–water partition coefficient (Wildman–Crippen LogP) is 1.52. The van der Waals surface area contributed by atoms with Crippen molar-refractivity contribution in [2.24, 2.45) is 0 Å². The van der Waals surface area contributed by atoms with Crippen molar-refractivity contribution in [3.05, 3.63) is 58.6 Å². The summed E-state index contributed by atoms with van der Waals surface area (Å²) < 4.78 is 26.7. The van der Waals surface area contributed by atoms with Crippen LogP contribution in [0.1, 0.15) is 0 Å². The van der Waals surface area contributed by atoms with E-state index in [0.717, 1.165) is 4.90 Å². The van der Waals surface area contributed by atoms with Gasteiger partial charge in [0.2, 0.25) is 10.0 Å². The average molecular weight is 429 g/mol.